The molecular formula is C12H18F3N3. The second-order valence-electron chi connectivity index (χ2n) is 4.26. The number of nitrogens with zero attached hydrogens (tertiary/aromatic N) is 2. The molecule has 1 rings (SSSR count). The number of nitrogens with one attached hydrogen (secondary N) is 1. The molecule has 1 aromatic rings. The first kappa shape index (κ1) is 14.9. The zero-order chi connectivity index (χ0) is 13.8. The molecule has 0 radical (unpaired) electrons. The highest BCUT2D eigenvalue weighted by Gasteiger charge is 2.27. The molecule has 0 aromatic carbocycles. The summed E-state index contributed by atoms with van der Waals surface area (Å²) in [5, 5.41) is 3.03. The van der Waals surface area contributed by atoms with Crippen LogP contribution in [0.15, 0.2) is 0 Å². The summed E-state index contributed by atoms with van der Waals surface area (Å²) in [6.07, 6.45) is -4.40. The molecule has 1 N–H and O–H groups in total. The molecule has 102 valence electrons. The van der Waals surface area contributed by atoms with E-state index in [2.05, 4.69) is 15.3 Å². The highest BCUT2D eigenvalue weighted by atomic mass is 19.4. The van der Waals surface area contributed by atoms with E-state index in [9.17, 15) is 13.2 Å². The molecule has 0 amide bonds. The van der Waals surface area contributed by atoms with E-state index in [4.69, 9.17) is 0 Å². The summed E-state index contributed by atoms with van der Waals surface area (Å²) in [7, 11) is 1.85. The maximum Gasteiger partial charge on any atom is 0.389 e. The molecule has 18 heavy (non-hydrogen) atoms. The lowest BCUT2D eigenvalue weighted by Gasteiger charge is -2.11. The van der Waals surface area contributed by atoms with Crippen LogP contribution in [0.4, 0.5) is 13.2 Å². The number of alkyl halides is 3. The van der Waals surface area contributed by atoms with Gasteiger partial charge in [0, 0.05) is 17.8 Å². The predicted octanol–water partition coefficient (Wildman–Crippen LogP) is 2.35. The summed E-state index contributed by atoms with van der Waals surface area (Å²) in [6, 6.07) is 0. The Kier molecular flexibility index (Phi) is 5.07. The monoisotopic (exact) mass is 261 g/mol. The zero-order valence-corrected chi connectivity index (χ0v) is 10.9. The van der Waals surface area contributed by atoms with E-state index < -0.39 is 12.6 Å². The average molecular weight is 261 g/mol. The van der Waals surface area contributed by atoms with E-state index in [0.717, 1.165) is 29.9 Å². The van der Waals surface area contributed by atoms with Crippen LogP contribution in [-0.2, 0) is 12.8 Å². The van der Waals surface area contributed by atoms with Crippen LogP contribution in [-0.4, -0.2) is 29.7 Å². The van der Waals surface area contributed by atoms with Crippen molar-refractivity contribution in [3.05, 3.63) is 22.8 Å². The van der Waals surface area contributed by atoms with Crippen LogP contribution in [0.2, 0.25) is 0 Å². The van der Waals surface area contributed by atoms with E-state index in [1.807, 2.05) is 20.9 Å². The fourth-order valence-corrected chi connectivity index (χ4v) is 1.79. The summed E-state index contributed by atoms with van der Waals surface area (Å²) in [6.45, 7) is 4.43. The highest BCUT2D eigenvalue weighted by molar-refractivity contribution is 5.24. The van der Waals surface area contributed by atoms with Crippen molar-refractivity contribution < 1.29 is 13.2 Å². The second-order valence-corrected chi connectivity index (χ2v) is 4.26. The average Bonchev–Trinajstić information content (AvgIpc) is 2.24. The van der Waals surface area contributed by atoms with Crippen LogP contribution in [0.1, 0.15) is 29.2 Å². The van der Waals surface area contributed by atoms with Crippen molar-refractivity contribution in [2.75, 3.05) is 13.6 Å². The lowest BCUT2D eigenvalue weighted by molar-refractivity contribution is -0.134. The Labute approximate surface area is 105 Å². The minimum atomic E-state index is -4.16. The topological polar surface area (TPSA) is 37.8 Å². The minimum absolute atomic E-state index is 0.155. The summed E-state index contributed by atoms with van der Waals surface area (Å²) >= 11 is 0. The summed E-state index contributed by atoms with van der Waals surface area (Å²) in [5.74, 6) is 0.274. The number of halogens is 3. The Morgan fingerprint density at radius 1 is 1.06 bits per heavy atom. The fraction of sp³-hybridized carbons (Fsp3) is 0.667. The Bertz CT molecular complexity index is 379. The Balaban J connectivity index is 2.79. The van der Waals surface area contributed by atoms with Crippen LogP contribution in [0.25, 0.3) is 0 Å². The standard InChI is InChI=1S/C12H18F3N3/c1-8-10(5-7-16-3)9(2)18-11(17-8)4-6-12(13,14)15/h16H,4-7H2,1-3H3. The molecule has 0 spiro atoms. The SMILES string of the molecule is CNCCc1c(C)nc(CCC(F)(F)F)nc1C. The van der Waals surface area contributed by atoms with Gasteiger partial charge in [0.1, 0.15) is 5.82 Å². The van der Waals surface area contributed by atoms with Crippen molar-refractivity contribution in [1.29, 1.82) is 0 Å². The van der Waals surface area contributed by atoms with Gasteiger partial charge < -0.3 is 5.32 Å². The quantitative estimate of drug-likeness (QED) is 0.884. The van der Waals surface area contributed by atoms with Gasteiger partial charge in [0.15, 0.2) is 0 Å². The third kappa shape index (κ3) is 4.60. The second kappa shape index (κ2) is 6.13. The molecule has 0 atom stereocenters. The minimum Gasteiger partial charge on any atom is -0.319 e. The first-order valence-electron chi connectivity index (χ1n) is 5.88. The largest absolute Gasteiger partial charge is 0.389 e. The van der Waals surface area contributed by atoms with Crippen molar-refractivity contribution in [1.82, 2.24) is 15.3 Å². The third-order valence-corrected chi connectivity index (χ3v) is 2.72. The normalized spacial score (nSPS) is 11.9. The number of likely N-dealkylation sites (N-methyl/N-ethyl adjacent to an activating group) is 1. The Hall–Kier alpha value is -1.17. The lowest BCUT2D eigenvalue weighted by atomic mass is 10.1. The van der Waals surface area contributed by atoms with Crippen molar-refractivity contribution in [3.63, 3.8) is 0 Å². The van der Waals surface area contributed by atoms with Crippen molar-refractivity contribution >= 4 is 0 Å². The van der Waals surface area contributed by atoms with Crippen molar-refractivity contribution in [2.24, 2.45) is 0 Å². The van der Waals surface area contributed by atoms with Gasteiger partial charge in [-0.3, -0.25) is 0 Å². The van der Waals surface area contributed by atoms with Gasteiger partial charge in [-0.15, -0.1) is 0 Å². The molecule has 3 nitrogen and oxygen atoms in total. The van der Waals surface area contributed by atoms with Crippen LogP contribution >= 0.6 is 0 Å². The molecular weight excluding hydrogens is 243 g/mol. The summed E-state index contributed by atoms with van der Waals surface area (Å²) < 4.78 is 36.4. The van der Waals surface area contributed by atoms with Gasteiger partial charge in [-0.1, -0.05) is 0 Å². The molecule has 0 aliphatic heterocycles. The number of aromatic nitrogens is 2. The van der Waals surface area contributed by atoms with Crippen molar-refractivity contribution in [2.45, 2.75) is 39.3 Å². The molecule has 0 aliphatic rings. The van der Waals surface area contributed by atoms with E-state index in [1.165, 1.54) is 0 Å². The molecule has 0 unspecified atom stereocenters. The van der Waals surface area contributed by atoms with Crippen molar-refractivity contribution in [3.8, 4) is 0 Å². The molecule has 6 heteroatoms. The molecule has 0 aliphatic carbocycles. The Morgan fingerprint density at radius 3 is 2.06 bits per heavy atom. The number of aryl methyl sites for hydroxylation is 3. The van der Waals surface area contributed by atoms with Crippen LogP contribution in [0.5, 0.6) is 0 Å². The molecule has 0 saturated carbocycles. The van der Waals surface area contributed by atoms with Crippen LogP contribution in [0, 0.1) is 13.8 Å². The molecule has 0 saturated heterocycles. The number of hydrogen-bond acceptors (Lipinski definition) is 3. The van der Waals surface area contributed by atoms with E-state index >= 15 is 0 Å². The Morgan fingerprint density at radius 2 is 1.61 bits per heavy atom. The van der Waals surface area contributed by atoms with Gasteiger partial charge in [0.2, 0.25) is 0 Å². The van der Waals surface area contributed by atoms with Crippen LogP contribution in [0.3, 0.4) is 0 Å². The van der Waals surface area contributed by atoms with Gasteiger partial charge in [-0.25, -0.2) is 9.97 Å². The highest BCUT2D eigenvalue weighted by Crippen LogP contribution is 2.21. The predicted molar refractivity (Wildman–Crippen MR) is 63.5 cm³/mol. The smallest absolute Gasteiger partial charge is 0.319 e. The van der Waals surface area contributed by atoms with E-state index in [-0.39, 0.29) is 12.2 Å². The van der Waals surface area contributed by atoms with Gasteiger partial charge in [0.05, 0.1) is 6.42 Å². The number of hydrogen-bond donors (Lipinski definition) is 1. The first-order chi connectivity index (χ1) is 8.33. The maximum absolute atomic E-state index is 12.1. The first-order valence-corrected chi connectivity index (χ1v) is 5.88. The van der Waals surface area contributed by atoms with Crippen LogP contribution < -0.4 is 5.32 Å². The maximum atomic E-state index is 12.1. The summed E-state index contributed by atoms with van der Waals surface area (Å²) in [4.78, 5) is 8.30. The third-order valence-electron chi connectivity index (χ3n) is 2.72. The van der Waals surface area contributed by atoms with E-state index in [1.54, 1.807) is 0 Å². The molecule has 0 bridgehead atoms. The van der Waals surface area contributed by atoms with E-state index in [0.29, 0.717) is 0 Å². The van der Waals surface area contributed by atoms with Gasteiger partial charge >= 0.3 is 6.18 Å². The van der Waals surface area contributed by atoms with Gasteiger partial charge in [-0.2, -0.15) is 13.2 Å². The van der Waals surface area contributed by atoms with Gasteiger partial charge in [0.25, 0.3) is 0 Å². The molecule has 1 aromatic heterocycles. The number of rotatable bonds is 5. The van der Waals surface area contributed by atoms with Gasteiger partial charge in [-0.05, 0) is 39.4 Å². The lowest BCUT2D eigenvalue weighted by Crippen LogP contribution is -2.15. The fourth-order valence-electron chi connectivity index (χ4n) is 1.79. The molecule has 0 fully saturated rings. The zero-order valence-electron chi connectivity index (χ0n) is 10.9. The molecule has 1 heterocycles. The summed E-state index contributed by atoms with van der Waals surface area (Å²) in [5.41, 5.74) is 2.56.